The van der Waals surface area contributed by atoms with Gasteiger partial charge in [0, 0.05) is 23.0 Å². The van der Waals surface area contributed by atoms with Gasteiger partial charge in [0.15, 0.2) is 5.78 Å². The zero-order chi connectivity index (χ0) is 16.8. The highest BCUT2D eigenvalue weighted by molar-refractivity contribution is 6.30. The highest BCUT2D eigenvalue weighted by Gasteiger charge is 2.22. The first-order valence-electron chi connectivity index (χ1n) is 7.57. The fraction of sp³-hybridized carbons (Fsp3) is 0.316. The van der Waals surface area contributed by atoms with Crippen molar-refractivity contribution in [1.29, 1.82) is 0 Å². The Morgan fingerprint density at radius 2 is 1.91 bits per heavy atom. The summed E-state index contributed by atoms with van der Waals surface area (Å²) in [5.74, 6) is 0.690. The Hall–Kier alpha value is -1.84. The van der Waals surface area contributed by atoms with E-state index in [0.717, 1.165) is 5.56 Å². The molecule has 0 aliphatic rings. The number of benzene rings is 2. The molecule has 1 atom stereocenters. The van der Waals surface area contributed by atoms with Gasteiger partial charge in [-0.2, -0.15) is 0 Å². The van der Waals surface area contributed by atoms with Crippen molar-refractivity contribution in [3.8, 4) is 5.75 Å². The molecule has 0 N–H and O–H groups in total. The second-order valence-electron chi connectivity index (χ2n) is 5.89. The quantitative estimate of drug-likeness (QED) is 0.719. The van der Waals surface area contributed by atoms with Gasteiger partial charge < -0.3 is 9.64 Å². The Morgan fingerprint density at radius 1 is 1.17 bits per heavy atom. The van der Waals surface area contributed by atoms with Crippen molar-refractivity contribution in [3.05, 3.63) is 64.7 Å². The van der Waals surface area contributed by atoms with Crippen molar-refractivity contribution < 1.29 is 9.53 Å². The average molecular weight is 332 g/mol. The fourth-order valence-corrected chi connectivity index (χ4v) is 2.85. The highest BCUT2D eigenvalue weighted by atomic mass is 35.5. The maximum absolute atomic E-state index is 12.9. The standard InChI is InChI=1S/C19H22ClNO2/c1-21(2)13-16(10-14-6-4-8-17(20)11-14)19(22)15-7-5-9-18(12-15)23-3/h4-9,11-12,16H,10,13H2,1-3H3. The topological polar surface area (TPSA) is 29.5 Å². The molecule has 0 saturated heterocycles. The van der Waals surface area contributed by atoms with E-state index in [0.29, 0.717) is 29.3 Å². The van der Waals surface area contributed by atoms with Crippen LogP contribution in [-0.4, -0.2) is 38.4 Å². The van der Waals surface area contributed by atoms with Gasteiger partial charge in [-0.25, -0.2) is 0 Å². The minimum absolute atomic E-state index is 0.123. The zero-order valence-corrected chi connectivity index (χ0v) is 14.5. The van der Waals surface area contributed by atoms with Crippen LogP contribution in [0.5, 0.6) is 5.75 Å². The lowest BCUT2D eigenvalue weighted by Crippen LogP contribution is -2.29. The normalized spacial score (nSPS) is 12.2. The molecule has 23 heavy (non-hydrogen) atoms. The summed E-state index contributed by atoms with van der Waals surface area (Å²) in [6.45, 7) is 0.683. The molecule has 0 spiro atoms. The molecule has 0 amide bonds. The summed E-state index contributed by atoms with van der Waals surface area (Å²) >= 11 is 6.06. The smallest absolute Gasteiger partial charge is 0.167 e. The van der Waals surface area contributed by atoms with E-state index in [4.69, 9.17) is 16.3 Å². The van der Waals surface area contributed by atoms with E-state index in [2.05, 4.69) is 0 Å². The van der Waals surface area contributed by atoms with Gasteiger partial charge in [-0.05, 0) is 50.3 Å². The van der Waals surface area contributed by atoms with Crippen LogP contribution >= 0.6 is 11.6 Å². The summed E-state index contributed by atoms with van der Waals surface area (Å²) in [4.78, 5) is 15.0. The summed E-state index contributed by atoms with van der Waals surface area (Å²) in [5.41, 5.74) is 1.75. The first-order valence-corrected chi connectivity index (χ1v) is 7.95. The van der Waals surface area contributed by atoms with Gasteiger partial charge in [-0.1, -0.05) is 35.9 Å². The van der Waals surface area contributed by atoms with E-state index in [1.807, 2.05) is 61.5 Å². The van der Waals surface area contributed by atoms with E-state index < -0.39 is 0 Å². The van der Waals surface area contributed by atoms with Crippen LogP contribution in [0.25, 0.3) is 0 Å². The van der Waals surface area contributed by atoms with Gasteiger partial charge >= 0.3 is 0 Å². The van der Waals surface area contributed by atoms with Gasteiger partial charge in [0.25, 0.3) is 0 Å². The number of hydrogen-bond donors (Lipinski definition) is 0. The largest absolute Gasteiger partial charge is 0.497 e. The highest BCUT2D eigenvalue weighted by Crippen LogP contribution is 2.21. The fourth-order valence-electron chi connectivity index (χ4n) is 2.64. The summed E-state index contributed by atoms with van der Waals surface area (Å²) in [5, 5.41) is 0.694. The maximum atomic E-state index is 12.9. The Labute approximate surface area is 142 Å². The summed E-state index contributed by atoms with van der Waals surface area (Å²) in [7, 11) is 5.56. The minimum atomic E-state index is -0.129. The Morgan fingerprint density at radius 3 is 2.57 bits per heavy atom. The van der Waals surface area contributed by atoms with Gasteiger partial charge in [0.1, 0.15) is 5.75 Å². The number of ketones is 1. The molecule has 0 heterocycles. The van der Waals surface area contributed by atoms with E-state index in [1.165, 1.54) is 0 Å². The number of halogens is 1. The van der Waals surface area contributed by atoms with Crippen molar-refractivity contribution >= 4 is 17.4 Å². The Kier molecular flexibility index (Phi) is 6.20. The third kappa shape index (κ3) is 5.08. The molecule has 2 rings (SSSR count). The molecule has 0 aliphatic heterocycles. The number of methoxy groups -OCH3 is 1. The van der Waals surface area contributed by atoms with Crippen molar-refractivity contribution in [1.82, 2.24) is 4.90 Å². The molecule has 2 aromatic carbocycles. The maximum Gasteiger partial charge on any atom is 0.167 e. The van der Waals surface area contributed by atoms with Crippen molar-refractivity contribution in [2.45, 2.75) is 6.42 Å². The van der Waals surface area contributed by atoms with E-state index in [1.54, 1.807) is 13.2 Å². The predicted molar refractivity (Wildman–Crippen MR) is 94.5 cm³/mol. The molecule has 0 aromatic heterocycles. The molecule has 122 valence electrons. The molecular weight excluding hydrogens is 310 g/mol. The summed E-state index contributed by atoms with van der Waals surface area (Å²) in [6, 6.07) is 15.0. The van der Waals surface area contributed by atoms with Crippen LogP contribution in [0.1, 0.15) is 15.9 Å². The molecule has 0 aliphatic carbocycles. The number of hydrogen-bond acceptors (Lipinski definition) is 3. The first-order chi connectivity index (χ1) is 11.0. The van der Waals surface area contributed by atoms with E-state index in [-0.39, 0.29) is 11.7 Å². The van der Waals surface area contributed by atoms with Crippen molar-refractivity contribution in [2.24, 2.45) is 5.92 Å². The first kappa shape index (κ1) is 17.5. The van der Waals surface area contributed by atoms with Gasteiger partial charge in [-0.3, -0.25) is 4.79 Å². The van der Waals surface area contributed by atoms with Crippen LogP contribution in [0.4, 0.5) is 0 Å². The minimum Gasteiger partial charge on any atom is -0.497 e. The van der Waals surface area contributed by atoms with Crippen LogP contribution in [0.15, 0.2) is 48.5 Å². The van der Waals surface area contributed by atoms with Gasteiger partial charge in [0.05, 0.1) is 7.11 Å². The molecule has 4 heteroatoms. The second-order valence-corrected chi connectivity index (χ2v) is 6.33. The number of rotatable bonds is 7. The van der Waals surface area contributed by atoms with Gasteiger partial charge in [0.2, 0.25) is 0 Å². The predicted octanol–water partition coefficient (Wildman–Crippen LogP) is 3.95. The molecule has 2 aromatic rings. The lowest BCUT2D eigenvalue weighted by molar-refractivity contribution is 0.0896. The lowest BCUT2D eigenvalue weighted by Gasteiger charge is -2.20. The molecule has 3 nitrogen and oxygen atoms in total. The average Bonchev–Trinajstić information content (AvgIpc) is 2.53. The third-order valence-corrected chi connectivity index (χ3v) is 3.92. The van der Waals surface area contributed by atoms with Crippen LogP contribution in [0.2, 0.25) is 5.02 Å². The van der Waals surface area contributed by atoms with Crippen LogP contribution in [0, 0.1) is 5.92 Å². The molecular formula is C19H22ClNO2. The molecule has 0 fully saturated rings. The molecule has 0 saturated carbocycles. The number of carbonyl (C=O) groups is 1. The summed E-state index contributed by atoms with van der Waals surface area (Å²) in [6.07, 6.45) is 0.661. The second kappa shape index (κ2) is 8.14. The monoisotopic (exact) mass is 331 g/mol. The van der Waals surface area contributed by atoms with E-state index in [9.17, 15) is 4.79 Å². The molecule has 0 radical (unpaired) electrons. The molecule has 0 bridgehead atoms. The number of carbonyl (C=O) groups excluding carboxylic acids is 1. The van der Waals surface area contributed by atoms with E-state index >= 15 is 0 Å². The van der Waals surface area contributed by atoms with Gasteiger partial charge in [-0.15, -0.1) is 0 Å². The Bertz CT molecular complexity index is 670. The summed E-state index contributed by atoms with van der Waals surface area (Å²) < 4.78 is 5.22. The van der Waals surface area contributed by atoms with Crippen molar-refractivity contribution in [3.63, 3.8) is 0 Å². The number of Topliss-reactive ketones (excluding diaryl/α,β-unsaturated/α-hetero) is 1. The van der Waals surface area contributed by atoms with Crippen LogP contribution in [0.3, 0.4) is 0 Å². The van der Waals surface area contributed by atoms with Crippen molar-refractivity contribution in [2.75, 3.05) is 27.7 Å². The number of ether oxygens (including phenoxy) is 1. The molecule has 1 unspecified atom stereocenters. The Balaban J connectivity index is 2.24. The van der Waals surface area contributed by atoms with Crippen LogP contribution < -0.4 is 4.74 Å². The third-order valence-electron chi connectivity index (χ3n) is 3.68. The SMILES string of the molecule is COc1cccc(C(=O)C(Cc2cccc(Cl)c2)CN(C)C)c1. The number of nitrogens with zero attached hydrogens (tertiary/aromatic N) is 1. The zero-order valence-electron chi connectivity index (χ0n) is 13.8. The lowest BCUT2D eigenvalue weighted by atomic mass is 9.90. The van der Waals surface area contributed by atoms with Crippen LogP contribution in [-0.2, 0) is 6.42 Å².